The summed E-state index contributed by atoms with van der Waals surface area (Å²) in [6.07, 6.45) is 2.66. The lowest BCUT2D eigenvalue weighted by Crippen LogP contribution is -2.32. The van der Waals surface area contributed by atoms with E-state index in [1.165, 1.54) is 18.4 Å². The fourth-order valence-electron chi connectivity index (χ4n) is 2.07. The molecule has 1 atom stereocenters. The van der Waals surface area contributed by atoms with Crippen molar-refractivity contribution in [2.75, 3.05) is 7.05 Å². The van der Waals surface area contributed by atoms with Crippen LogP contribution in [0.25, 0.3) is 0 Å². The zero-order chi connectivity index (χ0) is 13.2. The van der Waals surface area contributed by atoms with E-state index < -0.39 is 0 Å². The first-order valence-corrected chi connectivity index (χ1v) is 6.59. The molecule has 1 unspecified atom stereocenters. The summed E-state index contributed by atoms with van der Waals surface area (Å²) in [5.74, 6) is -0.0339. The Kier molecular flexibility index (Phi) is 3.71. The Balaban J connectivity index is 1.88. The van der Waals surface area contributed by atoms with Crippen LogP contribution in [0.4, 0.5) is 0 Å². The lowest BCUT2D eigenvalue weighted by atomic mass is 10.0. The maximum atomic E-state index is 11.4. The van der Waals surface area contributed by atoms with Gasteiger partial charge in [0.05, 0.1) is 0 Å². The van der Waals surface area contributed by atoms with Gasteiger partial charge in [0.2, 0.25) is 0 Å². The topological polar surface area (TPSA) is 41.1 Å². The van der Waals surface area contributed by atoms with Crippen molar-refractivity contribution in [3.63, 3.8) is 0 Å². The SMILES string of the molecule is CNC(=O)c1ccc(CNC(C)C2(C)CC2)cc1. The molecule has 98 valence electrons. The van der Waals surface area contributed by atoms with Gasteiger partial charge in [0.25, 0.3) is 5.91 Å². The highest BCUT2D eigenvalue weighted by molar-refractivity contribution is 5.93. The van der Waals surface area contributed by atoms with Crippen molar-refractivity contribution in [2.45, 2.75) is 39.3 Å². The summed E-state index contributed by atoms with van der Waals surface area (Å²) < 4.78 is 0. The fraction of sp³-hybridized carbons (Fsp3) is 0.533. The minimum Gasteiger partial charge on any atom is -0.355 e. The Hall–Kier alpha value is -1.35. The van der Waals surface area contributed by atoms with Crippen LogP contribution in [0.1, 0.15) is 42.6 Å². The maximum absolute atomic E-state index is 11.4. The van der Waals surface area contributed by atoms with Crippen LogP contribution in [0.2, 0.25) is 0 Å². The molecule has 0 bridgehead atoms. The molecule has 3 nitrogen and oxygen atoms in total. The standard InChI is InChI=1S/C15H22N2O/c1-11(15(2)8-9-15)17-10-12-4-6-13(7-5-12)14(18)16-3/h4-7,11,17H,8-10H2,1-3H3,(H,16,18). The van der Waals surface area contributed by atoms with Gasteiger partial charge in [0.15, 0.2) is 0 Å². The van der Waals surface area contributed by atoms with E-state index in [-0.39, 0.29) is 5.91 Å². The van der Waals surface area contributed by atoms with Crippen molar-refractivity contribution in [3.8, 4) is 0 Å². The third-order valence-electron chi connectivity index (χ3n) is 4.14. The molecular weight excluding hydrogens is 224 g/mol. The van der Waals surface area contributed by atoms with Gasteiger partial charge >= 0.3 is 0 Å². The van der Waals surface area contributed by atoms with Crippen molar-refractivity contribution >= 4 is 5.91 Å². The van der Waals surface area contributed by atoms with Crippen molar-refractivity contribution in [3.05, 3.63) is 35.4 Å². The fourth-order valence-corrected chi connectivity index (χ4v) is 2.07. The van der Waals surface area contributed by atoms with E-state index >= 15 is 0 Å². The van der Waals surface area contributed by atoms with E-state index in [1.54, 1.807) is 7.05 Å². The summed E-state index contributed by atoms with van der Waals surface area (Å²) in [5, 5.41) is 6.19. The molecule has 1 saturated carbocycles. The zero-order valence-electron chi connectivity index (χ0n) is 11.4. The molecule has 0 aromatic heterocycles. The molecule has 1 aromatic carbocycles. The van der Waals surface area contributed by atoms with Crippen LogP contribution < -0.4 is 10.6 Å². The summed E-state index contributed by atoms with van der Waals surface area (Å²) in [4.78, 5) is 11.4. The molecule has 0 aliphatic heterocycles. The molecule has 1 aliphatic carbocycles. The summed E-state index contributed by atoms with van der Waals surface area (Å²) >= 11 is 0. The lowest BCUT2D eigenvalue weighted by Gasteiger charge is -2.20. The van der Waals surface area contributed by atoms with Crippen LogP contribution >= 0.6 is 0 Å². The average Bonchev–Trinajstić information content (AvgIpc) is 3.15. The molecule has 2 rings (SSSR count). The average molecular weight is 246 g/mol. The number of nitrogens with one attached hydrogen (secondary N) is 2. The molecule has 1 fully saturated rings. The molecule has 1 amide bonds. The van der Waals surface area contributed by atoms with Crippen molar-refractivity contribution in [1.82, 2.24) is 10.6 Å². The van der Waals surface area contributed by atoms with Crippen LogP contribution in [0.5, 0.6) is 0 Å². The van der Waals surface area contributed by atoms with E-state index in [0.717, 1.165) is 6.54 Å². The van der Waals surface area contributed by atoms with Gasteiger partial charge in [-0.05, 0) is 42.9 Å². The second-order valence-electron chi connectivity index (χ2n) is 5.53. The van der Waals surface area contributed by atoms with Gasteiger partial charge < -0.3 is 10.6 Å². The summed E-state index contributed by atoms with van der Waals surface area (Å²) in [6.45, 7) is 5.45. The maximum Gasteiger partial charge on any atom is 0.251 e. The molecule has 18 heavy (non-hydrogen) atoms. The molecule has 0 saturated heterocycles. The Morgan fingerprint density at radius 1 is 1.33 bits per heavy atom. The lowest BCUT2D eigenvalue weighted by molar-refractivity contribution is 0.0963. The van der Waals surface area contributed by atoms with Gasteiger partial charge in [-0.2, -0.15) is 0 Å². The molecule has 0 heterocycles. The Bertz CT molecular complexity index is 421. The number of carbonyl (C=O) groups is 1. The number of hydrogen-bond acceptors (Lipinski definition) is 2. The molecule has 1 aromatic rings. The minimum atomic E-state index is -0.0339. The van der Waals surface area contributed by atoms with Crippen molar-refractivity contribution < 1.29 is 4.79 Å². The van der Waals surface area contributed by atoms with Crippen LogP contribution in [0.3, 0.4) is 0 Å². The monoisotopic (exact) mass is 246 g/mol. The van der Waals surface area contributed by atoms with Crippen LogP contribution in [0, 0.1) is 5.41 Å². The Morgan fingerprint density at radius 2 is 1.94 bits per heavy atom. The number of rotatable bonds is 5. The van der Waals surface area contributed by atoms with Crippen molar-refractivity contribution in [2.24, 2.45) is 5.41 Å². The predicted octanol–water partition coefficient (Wildman–Crippen LogP) is 2.32. The normalized spacial score (nSPS) is 18.2. The number of hydrogen-bond donors (Lipinski definition) is 2. The highest BCUT2D eigenvalue weighted by Gasteiger charge is 2.42. The van der Waals surface area contributed by atoms with Gasteiger partial charge in [-0.3, -0.25) is 4.79 Å². The number of amides is 1. The van der Waals surface area contributed by atoms with Gasteiger partial charge in [-0.1, -0.05) is 19.1 Å². The first-order chi connectivity index (χ1) is 8.55. The van der Waals surface area contributed by atoms with Gasteiger partial charge in [-0.25, -0.2) is 0 Å². The quantitative estimate of drug-likeness (QED) is 0.837. The van der Waals surface area contributed by atoms with Crippen LogP contribution in [-0.4, -0.2) is 19.0 Å². The van der Waals surface area contributed by atoms with Gasteiger partial charge in [0, 0.05) is 25.2 Å². The zero-order valence-corrected chi connectivity index (χ0v) is 11.4. The van der Waals surface area contributed by atoms with Crippen LogP contribution in [0.15, 0.2) is 24.3 Å². The molecule has 0 spiro atoms. The first-order valence-electron chi connectivity index (χ1n) is 6.59. The third kappa shape index (κ3) is 2.91. The smallest absolute Gasteiger partial charge is 0.251 e. The molecule has 0 radical (unpaired) electrons. The summed E-state index contributed by atoms with van der Waals surface area (Å²) in [7, 11) is 1.65. The largest absolute Gasteiger partial charge is 0.355 e. The van der Waals surface area contributed by atoms with E-state index in [4.69, 9.17) is 0 Å². The molecule has 2 N–H and O–H groups in total. The highest BCUT2D eigenvalue weighted by atomic mass is 16.1. The molecular formula is C15H22N2O. The van der Waals surface area contributed by atoms with Crippen LogP contribution in [-0.2, 0) is 6.54 Å². The highest BCUT2D eigenvalue weighted by Crippen LogP contribution is 2.47. The second kappa shape index (κ2) is 5.11. The Morgan fingerprint density at radius 3 is 2.44 bits per heavy atom. The van der Waals surface area contributed by atoms with E-state index in [2.05, 4.69) is 24.5 Å². The predicted molar refractivity (Wildman–Crippen MR) is 73.5 cm³/mol. The molecule has 3 heteroatoms. The molecule has 1 aliphatic rings. The summed E-state index contributed by atoms with van der Waals surface area (Å²) in [6, 6.07) is 8.33. The second-order valence-corrected chi connectivity index (χ2v) is 5.53. The van der Waals surface area contributed by atoms with Gasteiger partial charge in [0.1, 0.15) is 0 Å². The van der Waals surface area contributed by atoms with E-state index in [1.807, 2.05) is 24.3 Å². The van der Waals surface area contributed by atoms with E-state index in [9.17, 15) is 4.79 Å². The van der Waals surface area contributed by atoms with Gasteiger partial charge in [-0.15, -0.1) is 0 Å². The van der Waals surface area contributed by atoms with E-state index in [0.29, 0.717) is 17.0 Å². The Labute approximate surface area is 109 Å². The number of carbonyl (C=O) groups excluding carboxylic acids is 1. The third-order valence-corrected chi connectivity index (χ3v) is 4.14. The number of benzene rings is 1. The summed E-state index contributed by atoms with van der Waals surface area (Å²) in [5.41, 5.74) is 2.43. The van der Waals surface area contributed by atoms with Crippen molar-refractivity contribution in [1.29, 1.82) is 0 Å². The minimum absolute atomic E-state index is 0.0339. The first kappa shape index (κ1) is 13.1.